The number of hydrogen-bond acceptors (Lipinski definition) is 3. The first-order chi connectivity index (χ1) is 8.65. The summed E-state index contributed by atoms with van der Waals surface area (Å²) in [5, 5.41) is 4.92. The largest absolute Gasteiger partial charge is 0.378 e. The SMILES string of the molecule is CCOC1CC(CC(N)c2c(Cl)cnn2CC)C1. The van der Waals surface area contributed by atoms with Crippen molar-refractivity contribution in [3.63, 3.8) is 0 Å². The van der Waals surface area contributed by atoms with Gasteiger partial charge in [-0.2, -0.15) is 5.10 Å². The van der Waals surface area contributed by atoms with Crippen molar-refractivity contribution in [3.8, 4) is 0 Å². The molecule has 1 aromatic heterocycles. The first kappa shape index (κ1) is 13.8. The fraction of sp³-hybridized carbons (Fsp3) is 0.769. The van der Waals surface area contributed by atoms with Crippen LogP contribution in [0.1, 0.15) is 44.8 Å². The summed E-state index contributed by atoms with van der Waals surface area (Å²) in [5.74, 6) is 0.660. The van der Waals surface area contributed by atoms with Gasteiger partial charge in [-0.15, -0.1) is 0 Å². The molecule has 0 aromatic carbocycles. The zero-order valence-electron chi connectivity index (χ0n) is 11.1. The molecule has 2 rings (SSSR count). The molecule has 1 aromatic rings. The van der Waals surface area contributed by atoms with Crippen LogP contribution >= 0.6 is 11.6 Å². The molecule has 1 heterocycles. The Bertz CT molecular complexity index is 388. The van der Waals surface area contributed by atoms with E-state index in [2.05, 4.69) is 5.10 Å². The molecule has 0 spiro atoms. The maximum atomic E-state index is 6.26. The molecular weight excluding hydrogens is 250 g/mol. The van der Waals surface area contributed by atoms with E-state index in [0.717, 1.165) is 38.1 Å². The number of ether oxygens (including phenoxy) is 1. The molecule has 1 atom stereocenters. The van der Waals surface area contributed by atoms with Gasteiger partial charge in [-0.1, -0.05) is 11.6 Å². The Labute approximate surface area is 113 Å². The van der Waals surface area contributed by atoms with Crippen molar-refractivity contribution in [2.45, 2.75) is 51.8 Å². The van der Waals surface area contributed by atoms with Gasteiger partial charge in [0.15, 0.2) is 0 Å². The van der Waals surface area contributed by atoms with Crippen LogP contribution in [0.15, 0.2) is 6.20 Å². The zero-order valence-corrected chi connectivity index (χ0v) is 11.9. The summed E-state index contributed by atoms with van der Waals surface area (Å²) >= 11 is 6.15. The maximum Gasteiger partial charge on any atom is 0.0834 e. The summed E-state index contributed by atoms with van der Waals surface area (Å²) < 4.78 is 7.46. The van der Waals surface area contributed by atoms with Crippen molar-refractivity contribution in [1.29, 1.82) is 0 Å². The number of halogens is 1. The number of hydrogen-bond donors (Lipinski definition) is 1. The molecule has 102 valence electrons. The summed E-state index contributed by atoms with van der Waals surface area (Å²) in [6.45, 7) is 5.70. The van der Waals surface area contributed by atoms with Crippen molar-refractivity contribution in [1.82, 2.24) is 9.78 Å². The van der Waals surface area contributed by atoms with E-state index in [1.165, 1.54) is 0 Å². The Morgan fingerprint density at radius 2 is 2.28 bits per heavy atom. The van der Waals surface area contributed by atoms with Gasteiger partial charge in [0.1, 0.15) is 0 Å². The van der Waals surface area contributed by atoms with Crippen molar-refractivity contribution in [2.24, 2.45) is 11.7 Å². The maximum absolute atomic E-state index is 6.26. The van der Waals surface area contributed by atoms with Crippen molar-refractivity contribution in [2.75, 3.05) is 6.61 Å². The second-order valence-corrected chi connectivity index (χ2v) is 5.36. The van der Waals surface area contributed by atoms with Crippen LogP contribution in [-0.2, 0) is 11.3 Å². The van der Waals surface area contributed by atoms with E-state index < -0.39 is 0 Å². The average Bonchev–Trinajstić information content (AvgIpc) is 2.67. The van der Waals surface area contributed by atoms with Gasteiger partial charge < -0.3 is 10.5 Å². The Morgan fingerprint density at radius 3 is 2.89 bits per heavy atom. The predicted molar refractivity (Wildman–Crippen MR) is 72.6 cm³/mol. The standard InChI is InChI=1S/C13H22ClN3O/c1-3-17-13(11(14)8-16-17)12(15)7-9-5-10(6-9)18-4-2/h8-10,12H,3-7,15H2,1-2H3. The zero-order chi connectivity index (χ0) is 13.1. The van der Waals surface area contributed by atoms with E-state index in [1.807, 2.05) is 18.5 Å². The predicted octanol–water partition coefficient (Wildman–Crippen LogP) is 2.76. The van der Waals surface area contributed by atoms with Crippen LogP contribution in [0.3, 0.4) is 0 Å². The molecule has 2 N–H and O–H groups in total. The Morgan fingerprint density at radius 1 is 1.56 bits per heavy atom. The van der Waals surface area contributed by atoms with Crippen molar-refractivity contribution in [3.05, 3.63) is 16.9 Å². The van der Waals surface area contributed by atoms with E-state index >= 15 is 0 Å². The monoisotopic (exact) mass is 271 g/mol. The summed E-state index contributed by atoms with van der Waals surface area (Å²) in [7, 11) is 0. The highest BCUT2D eigenvalue weighted by atomic mass is 35.5. The Hall–Kier alpha value is -0.580. The van der Waals surface area contributed by atoms with Gasteiger partial charge in [0, 0.05) is 19.2 Å². The molecule has 0 aliphatic heterocycles. The molecule has 18 heavy (non-hydrogen) atoms. The quantitative estimate of drug-likeness (QED) is 0.866. The lowest BCUT2D eigenvalue weighted by Crippen LogP contribution is -2.34. The first-order valence-corrected chi connectivity index (χ1v) is 7.11. The number of aromatic nitrogens is 2. The fourth-order valence-corrected chi connectivity index (χ4v) is 2.98. The fourth-order valence-electron chi connectivity index (χ4n) is 2.70. The molecule has 5 heteroatoms. The van der Waals surface area contributed by atoms with Crippen molar-refractivity contribution < 1.29 is 4.74 Å². The van der Waals surface area contributed by atoms with Gasteiger partial charge in [0.25, 0.3) is 0 Å². The number of rotatable bonds is 6. The normalized spacial score (nSPS) is 24.9. The summed E-state index contributed by atoms with van der Waals surface area (Å²) in [5.41, 5.74) is 7.23. The highest BCUT2D eigenvalue weighted by Crippen LogP contribution is 2.37. The van der Waals surface area contributed by atoms with Crippen LogP contribution in [0.2, 0.25) is 5.02 Å². The summed E-state index contributed by atoms with van der Waals surface area (Å²) in [6.07, 6.45) is 5.34. The number of aryl methyl sites for hydroxylation is 1. The molecule has 4 nitrogen and oxygen atoms in total. The smallest absolute Gasteiger partial charge is 0.0834 e. The van der Waals surface area contributed by atoms with E-state index in [4.69, 9.17) is 22.1 Å². The van der Waals surface area contributed by atoms with Crippen LogP contribution < -0.4 is 5.73 Å². The highest BCUT2D eigenvalue weighted by molar-refractivity contribution is 6.31. The van der Waals surface area contributed by atoms with Crippen molar-refractivity contribution >= 4 is 11.6 Å². The van der Waals surface area contributed by atoms with E-state index in [0.29, 0.717) is 17.0 Å². The topological polar surface area (TPSA) is 53.1 Å². The second-order valence-electron chi connectivity index (χ2n) is 4.95. The molecule has 1 aliphatic rings. The van der Waals surface area contributed by atoms with Gasteiger partial charge in [0.2, 0.25) is 0 Å². The number of nitrogens with zero attached hydrogens (tertiary/aromatic N) is 2. The van der Waals surface area contributed by atoms with Crippen LogP contribution in [-0.4, -0.2) is 22.5 Å². The average molecular weight is 272 g/mol. The lowest BCUT2D eigenvalue weighted by atomic mass is 9.78. The molecule has 1 fully saturated rings. The summed E-state index contributed by atoms with van der Waals surface area (Å²) in [6, 6.07) is -0.0208. The number of nitrogens with two attached hydrogens (primary N) is 1. The van der Waals surface area contributed by atoms with Gasteiger partial charge in [-0.25, -0.2) is 0 Å². The lowest BCUT2D eigenvalue weighted by Gasteiger charge is -2.36. The molecule has 0 amide bonds. The second kappa shape index (κ2) is 6.04. The first-order valence-electron chi connectivity index (χ1n) is 6.74. The van der Waals surface area contributed by atoms with Crippen LogP contribution in [0.25, 0.3) is 0 Å². The Kier molecular flexibility index (Phi) is 4.65. The highest BCUT2D eigenvalue weighted by Gasteiger charge is 2.32. The minimum Gasteiger partial charge on any atom is -0.378 e. The molecule has 0 bridgehead atoms. The van der Waals surface area contributed by atoms with Crippen LogP contribution in [0.5, 0.6) is 0 Å². The Balaban J connectivity index is 1.89. The van der Waals surface area contributed by atoms with Gasteiger partial charge in [-0.05, 0) is 39.0 Å². The van der Waals surface area contributed by atoms with Gasteiger partial charge in [0.05, 0.1) is 23.0 Å². The van der Waals surface area contributed by atoms with Crippen LogP contribution in [0.4, 0.5) is 0 Å². The third kappa shape index (κ3) is 2.87. The molecular formula is C13H22ClN3O. The minimum atomic E-state index is -0.0208. The lowest BCUT2D eigenvalue weighted by molar-refractivity contribution is -0.0283. The van der Waals surface area contributed by atoms with E-state index in [1.54, 1.807) is 6.20 Å². The third-order valence-corrected chi connectivity index (χ3v) is 3.96. The van der Waals surface area contributed by atoms with Gasteiger partial charge >= 0.3 is 0 Å². The molecule has 1 unspecified atom stereocenters. The van der Waals surface area contributed by atoms with E-state index in [-0.39, 0.29) is 6.04 Å². The third-order valence-electron chi connectivity index (χ3n) is 3.67. The summed E-state index contributed by atoms with van der Waals surface area (Å²) in [4.78, 5) is 0. The molecule has 1 saturated carbocycles. The van der Waals surface area contributed by atoms with Crippen LogP contribution in [0, 0.1) is 5.92 Å². The van der Waals surface area contributed by atoms with E-state index in [9.17, 15) is 0 Å². The molecule has 0 saturated heterocycles. The molecule has 0 radical (unpaired) electrons. The van der Waals surface area contributed by atoms with Gasteiger partial charge in [-0.3, -0.25) is 4.68 Å². The minimum absolute atomic E-state index is 0.0208. The molecule has 1 aliphatic carbocycles.